The summed E-state index contributed by atoms with van der Waals surface area (Å²) in [5.41, 5.74) is 0.259. The molecule has 4 heteroatoms. The summed E-state index contributed by atoms with van der Waals surface area (Å²) in [6.07, 6.45) is 0.979. The molecule has 0 heterocycles. The number of ketones is 1. The summed E-state index contributed by atoms with van der Waals surface area (Å²) < 4.78 is 0. The lowest BCUT2D eigenvalue weighted by Gasteiger charge is -2.25. The second kappa shape index (κ2) is 6.40. The average molecular weight is 251 g/mol. The fourth-order valence-electron chi connectivity index (χ4n) is 1.83. The van der Waals surface area contributed by atoms with Gasteiger partial charge in [0, 0.05) is 12.1 Å². The Balaban J connectivity index is 2.80. The predicted octanol–water partition coefficient (Wildman–Crippen LogP) is 2.40. The van der Waals surface area contributed by atoms with Gasteiger partial charge in [-0.1, -0.05) is 6.92 Å². The molecule has 0 aliphatic carbocycles. The van der Waals surface area contributed by atoms with Crippen LogP contribution in [0.4, 0.5) is 0 Å². The van der Waals surface area contributed by atoms with Gasteiger partial charge in [0.05, 0.1) is 12.1 Å². The molecule has 1 rings (SSSR count). The molecule has 1 aromatic rings. The molecule has 0 aliphatic rings. The molecule has 0 fully saturated rings. The van der Waals surface area contributed by atoms with E-state index in [1.165, 1.54) is 18.2 Å². The van der Waals surface area contributed by atoms with Crippen LogP contribution >= 0.6 is 0 Å². The first-order chi connectivity index (χ1) is 8.45. The molecule has 0 saturated heterocycles. The summed E-state index contributed by atoms with van der Waals surface area (Å²) in [5.74, 6) is -0.340. The molecule has 2 N–H and O–H groups in total. The Morgan fingerprint density at radius 1 is 1.33 bits per heavy atom. The van der Waals surface area contributed by atoms with E-state index in [2.05, 4.69) is 11.8 Å². The maximum absolute atomic E-state index is 12.1. The second-order valence-corrected chi connectivity index (χ2v) is 4.69. The van der Waals surface area contributed by atoms with Gasteiger partial charge < -0.3 is 10.2 Å². The minimum Gasteiger partial charge on any atom is -0.508 e. The van der Waals surface area contributed by atoms with Crippen molar-refractivity contribution in [3.8, 4) is 11.5 Å². The fourth-order valence-corrected chi connectivity index (χ4v) is 1.83. The molecule has 0 aromatic heterocycles. The number of nitrogens with zero attached hydrogens (tertiary/aromatic N) is 1. The van der Waals surface area contributed by atoms with Crippen LogP contribution in [0.15, 0.2) is 18.2 Å². The molecule has 18 heavy (non-hydrogen) atoms. The standard InChI is InChI=1S/C14H21NO3/c1-4-7-15(10(2)3)9-14(18)12-6-5-11(16)8-13(12)17/h5-6,8,10,16-17H,4,7,9H2,1-3H3. The van der Waals surface area contributed by atoms with Crippen LogP contribution in [0.1, 0.15) is 37.6 Å². The van der Waals surface area contributed by atoms with Gasteiger partial charge in [0.25, 0.3) is 0 Å². The molecule has 0 saturated carbocycles. The Bertz CT molecular complexity index is 416. The monoisotopic (exact) mass is 251 g/mol. The third-order valence-electron chi connectivity index (χ3n) is 2.87. The lowest BCUT2D eigenvalue weighted by molar-refractivity contribution is 0.0903. The summed E-state index contributed by atoms with van der Waals surface area (Å²) in [4.78, 5) is 14.1. The van der Waals surface area contributed by atoms with Gasteiger partial charge in [-0.3, -0.25) is 9.69 Å². The number of carbonyl (C=O) groups is 1. The molecule has 0 amide bonds. The number of rotatable bonds is 6. The summed E-state index contributed by atoms with van der Waals surface area (Å²) in [6.45, 7) is 7.28. The maximum atomic E-state index is 12.1. The zero-order valence-electron chi connectivity index (χ0n) is 11.2. The van der Waals surface area contributed by atoms with Crippen molar-refractivity contribution < 1.29 is 15.0 Å². The summed E-state index contributed by atoms with van der Waals surface area (Å²) >= 11 is 0. The molecule has 1 aromatic carbocycles. The van der Waals surface area contributed by atoms with Crippen LogP contribution in [0, 0.1) is 0 Å². The number of phenolic OH excluding ortho intramolecular Hbond substituents is 2. The summed E-state index contributed by atoms with van der Waals surface area (Å²) in [7, 11) is 0. The van der Waals surface area contributed by atoms with Gasteiger partial charge in [-0.2, -0.15) is 0 Å². The highest BCUT2D eigenvalue weighted by molar-refractivity contribution is 6.00. The largest absolute Gasteiger partial charge is 0.508 e. The minimum atomic E-state index is -0.166. The quantitative estimate of drug-likeness (QED) is 0.762. The van der Waals surface area contributed by atoms with Crippen molar-refractivity contribution in [1.82, 2.24) is 4.90 Å². The topological polar surface area (TPSA) is 60.8 Å². The van der Waals surface area contributed by atoms with Crippen molar-refractivity contribution in [3.05, 3.63) is 23.8 Å². The molecule has 0 unspecified atom stereocenters. The Hall–Kier alpha value is -1.55. The number of carbonyl (C=O) groups excluding carboxylic acids is 1. The molecule has 0 radical (unpaired) electrons. The van der Waals surface area contributed by atoms with Gasteiger partial charge in [0.1, 0.15) is 11.5 Å². The number of hydrogen-bond acceptors (Lipinski definition) is 4. The SMILES string of the molecule is CCCN(CC(=O)c1ccc(O)cc1O)C(C)C. The molecule has 4 nitrogen and oxygen atoms in total. The van der Waals surface area contributed by atoms with Gasteiger partial charge in [0.2, 0.25) is 0 Å². The van der Waals surface area contributed by atoms with Gasteiger partial charge in [-0.25, -0.2) is 0 Å². The van der Waals surface area contributed by atoms with Gasteiger partial charge in [-0.05, 0) is 38.9 Å². The van der Waals surface area contributed by atoms with Crippen LogP contribution in [0.5, 0.6) is 11.5 Å². The molecule has 0 atom stereocenters. The van der Waals surface area contributed by atoms with E-state index < -0.39 is 0 Å². The predicted molar refractivity (Wildman–Crippen MR) is 71.1 cm³/mol. The Morgan fingerprint density at radius 2 is 2.00 bits per heavy atom. The Morgan fingerprint density at radius 3 is 2.50 bits per heavy atom. The molecule has 0 spiro atoms. The maximum Gasteiger partial charge on any atom is 0.180 e. The summed E-state index contributed by atoms with van der Waals surface area (Å²) in [5, 5.41) is 18.8. The number of Topliss-reactive ketones (excluding diaryl/α,β-unsaturated/α-hetero) is 1. The zero-order valence-corrected chi connectivity index (χ0v) is 11.2. The number of aromatic hydroxyl groups is 2. The molecule has 0 aliphatic heterocycles. The first kappa shape index (κ1) is 14.5. The fraction of sp³-hybridized carbons (Fsp3) is 0.500. The van der Waals surface area contributed by atoms with E-state index >= 15 is 0 Å². The van der Waals surface area contributed by atoms with Crippen molar-refractivity contribution in [1.29, 1.82) is 0 Å². The zero-order chi connectivity index (χ0) is 13.7. The molecular formula is C14H21NO3. The van der Waals surface area contributed by atoms with Crippen LogP contribution in [0.3, 0.4) is 0 Å². The summed E-state index contributed by atoms with van der Waals surface area (Å²) in [6, 6.07) is 4.34. The van der Waals surface area contributed by atoms with Crippen LogP contribution in [0.2, 0.25) is 0 Å². The molecule has 0 bridgehead atoms. The van der Waals surface area contributed by atoms with E-state index in [4.69, 9.17) is 0 Å². The van der Waals surface area contributed by atoms with E-state index in [0.717, 1.165) is 13.0 Å². The van der Waals surface area contributed by atoms with Crippen LogP contribution in [-0.2, 0) is 0 Å². The first-order valence-electron chi connectivity index (χ1n) is 6.25. The van der Waals surface area contributed by atoms with E-state index in [1.807, 2.05) is 13.8 Å². The first-order valence-corrected chi connectivity index (χ1v) is 6.25. The highest BCUT2D eigenvalue weighted by Gasteiger charge is 2.17. The van der Waals surface area contributed by atoms with Crippen LogP contribution in [0.25, 0.3) is 0 Å². The highest BCUT2D eigenvalue weighted by atomic mass is 16.3. The normalized spacial score (nSPS) is 11.2. The molecule has 100 valence electrons. The van der Waals surface area contributed by atoms with Gasteiger partial charge in [0.15, 0.2) is 5.78 Å². The van der Waals surface area contributed by atoms with E-state index in [-0.39, 0.29) is 35.4 Å². The van der Waals surface area contributed by atoms with Crippen molar-refractivity contribution in [3.63, 3.8) is 0 Å². The van der Waals surface area contributed by atoms with Crippen molar-refractivity contribution >= 4 is 5.78 Å². The number of hydrogen-bond donors (Lipinski definition) is 2. The second-order valence-electron chi connectivity index (χ2n) is 4.69. The number of phenols is 2. The van der Waals surface area contributed by atoms with Crippen LogP contribution in [-0.4, -0.2) is 40.0 Å². The minimum absolute atomic E-state index is 0.0432. The smallest absolute Gasteiger partial charge is 0.180 e. The Kier molecular flexibility index (Phi) is 5.16. The Labute approximate surface area is 108 Å². The average Bonchev–Trinajstić information content (AvgIpc) is 2.27. The third kappa shape index (κ3) is 3.74. The third-order valence-corrected chi connectivity index (χ3v) is 2.87. The molecular weight excluding hydrogens is 230 g/mol. The van der Waals surface area contributed by atoms with Gasteiger partial charge in [-0.15, -0.1) is 0 Å². The number of benzene rings is 1. The lowest BCUT2D eigenvalue weighted by atomic mass is 10.1. The van der Waals surface area contributed by atoms with Crippen LogP contribution < -0.4 is 0 Å². The van der Waals surface area contributed by atoms with E-state index in [0.29, 0.717) is 0 Å². The lowest BCUT2D eigenvalue weighted by Crippen LogP contribution is -2.36. The van der Waals surface area contributed by atoms with Crippen molar-refractivity contribution in [2.24, 2.45) is 0 Å². The van der Waals surface area contributed by atoms with Crippen molar-refractivity contribution in [2.45, 2.75) is 33.2 Å². The van der Waals surface area contributed by atoms with Gasteiger partial charge >= 0.3 is 0 Å². The van der Waals surface area contributed by atoms with E-state index in [1.54, 1.807) is 0 Å². The highest BCUT2D eigenvalue weighted by Crippen LogP contribution is 2.23. The van der Waals surface area contributed by atoms with E-state index in [9.17, 15) is 15.0 Å². The van der Waals surface area contributed by atoms with Crippen molar-refractivity contribution in [2.75, 3.05) is 13.1 Å².